The molecule has 0 aliphatic rings. The molecule has 0 aliphatic carbocycles. The number of aliphatic hydroxyl groups excluding tert-OH is 2. The Balaban J connectivity index is 5.95. The number of hydrogen-bond acceptors (Lipinski definition) is 3. The molecule has 5 heteroatoms. The molecule has 0 aliphatic heterocycles. The maximum absolute atomic E-state index is 11.1. The fraction of sp³-hybridized carbons (Fsp3) is 1.00. The van der Waals surface area contributed by atoms with Crippen LogP contribution in [0.3, 0.4) is 0 Å². The molecular weight excluding hydrogens is 864 g/mol. The second-order valence-electron chi connectivity index (χ2n) is 22.3. The predicted octanol–water partition coefficient (Wildman–Crippen LogP) is 21.8. The Morgan fingerprint density at radius 2 is 0.463 bits per heavy atom. The fourth-order valence-electron chi connectivity index (χ4n) is 10.9. The summed E-state index contributed by atoms with van der Waals surface area (Å²) in [5.74, 6) is 0.367. The van der Waals surface area contributed by atoms with Crippen molar-refractivity contribution >= 4 is 23.2 Å². The highest BCUT2D eigenvalue weighted by molar-refractivity contribution is 6.21. The minimum Gasteiger partial charge on any atom is -0.393 e. The minimum atomic E-state index is -0.471. The summed E-state index contributed by atoms with van der Waals surface area (Å²) in [5, 5.41) is 22.2. The molecule has 0 bridgehead atoms. The summed E-state index contributed by atoms with van der Waals surface area (Å²) >= 11 is 15.2. The summed E-state index contributed by atoms with van der Waals surface area (Å²) in [5.41, 5.74) is 0. The first-order valence-corrected chi connectivity index (χ1v) is 31.9. The van der Waals surface area contributed by atoms with Crippen LogP contribution >= 0.6 is 23.2 Å². The van der Waals surface area contributed by atoms with Crippen LogP contribution in [0, 0.1) is 11.8 Å². The topological polar surface area (TPSA) is 49.7 Å². The largest absolute Gasteiger partial charge is 0.393 e. The lowest BCUT2D eigenvalue weighted by atomic mass is 9.84. The van der Waals surface area contributed by atoms with Gasteiger partial charge in [-0.05, 0) is 52.4 Å². The van der Waals surface area contributed by atoms with Crippen molar-refractivity contribution in [1.82, 2.24) is 0 Å². The van der Waals surface area contributed by atoms with Crippen molar-refractivity contribution in [3.63, 3.8) is 0 Å². The predicted molar refractivity (Wildman–Crippen MR) is 303 cm³/mol. The molecule has 0 saturated carbocycles. The van der Waals surface area contributed by atoms with E-state index in [9.17, 15) is 10.2 Å². The van der Waals surface area contributed by atoms with Gasteiger partial charge < -0.3 is 14.9 Å². The second kappa shape index (κ2) is 52.8. The van der Waals surface area contributed by atoms with E-state index < -0.39 is 12.2 Å². The maximum atomic E-state index is 11.1. The Bertz CT molecular complexity index is 858. The van der Waals surface area contributed by atoms with Crippen molar-refractivity contribution in [3.05, 3.63) is 0 Å². The Morgan fingerprint density at radius 1 is 0.284 bits per heavy atom. The summed E-state index contributed by atoms with van der Waals surface area (Å²) in [4.78, 5) is 0. The van der Waals surface area contributed by atoms with Gasteiger partial charge in [-0.2, -0.15) is 0 Å². The molecule has 404 valence electrons. The third-order valence-corrected chi connectivity index (χ3v) is 16.4. The minimum absolute atomic E-state index is 0.0247. The monoisotopic (exact) mass is 987 g/mol. The van der Waals surface area contributed by atoms with Crippen LogP contribution in [0.5, 0.6) is 0 Å². The molecule has 3 nitrogen and oxygen atoms in total. The highest BCUT2D eigenvalue weighted by Gasteiger charge is 2.36. The third-order valence-electron chi connectivity index (χ3n) is 15.3. The van der Waals surface area contributed by atoms with Crippen LogP contribution in [0.1, 0.15) is 350 Å². The average molecular weight is 989 g/mol. The van der Waals surface area contributed by atoms with Crippen molar-refractivity contribution in [1.29, 1.82) is 0 Å². The first-order chi connectivity index (χ1) is 32.7. The standard InChI is InChI=1S/C62H124Cl2O3/c1-7-11-15-19-23-27-31-35-39-43-47-51-59(63)57(49-45-41-37-33-29-25-21-17-13-9-3)61(53-55(5)65)67-62(54-56(6)66)58(50-46-42-38-34-30-26-22-18-14-10-4)60(64)52-48-44-40-36-32-28-24-20-16-12-8-2/h55-62,65-66H,7-54H2,1-6H3. The molecule has 0 aromatic carbocycles. The number of ether oxygens (including phenoxy) is 1. The molecule has 0 fully saturated rings. The number of halogens is 2. The van der Waals surface area contributed by atoms with Gasteiger partial charge in [0, 0.05) is 22.6 Å². The lowest BCUT2D eigenvalue weighted by molar-refractivity contribution is -0.102. The normalized spacial score (nSPS) is 15.7. The van der Waals surface area contributed by atoms with E-state index in [0.29, 0.717) is 12.8 Å². The number of alkyl halides is 2. The lowest BCUT2D eigenvalue weighted by Gasteiger charge is -2.39. The molecule has 0 radical (unpaired) electrons. The van der Waals surface area contributed by atoms with E-state index in [0.717, 1.165) is 25.7 Å². The smallest absolute Gasteiger partial charge is 0.0645 e. The van der Waals surface area contributed by atoms with Gasteiger partial charge in [0.25, 0.3) is 0 Å². The highest BCUT2D eigenvalue weighted by Crippen LogP contribution is 2.37. The van der Waals surface area contributed by atoms with E-state index in [1.165, 1.54) is 270 Å². The number of hydrogen-bond donors (Lipinski definition) is 2. The van der Waals surface area contributed by atoms with E-state index in [2.05, 4.69) is 27.7 Å². The van der Waals surface area contributed by atoms with E-state index >= 15 is 0 Å². The Hall–Kier alpha value is 0.460. The van der Waals surface area contributed by atoms with Crippen molar-refractivity contribution in [2.24, 2.45) is 11.8 Å². The van der Waals surface area contributed by atoms with Gasteiger partial charge in [0.05, 0.1) is 24.4 Å². The quantitative estimate of drug-likeness (QED) is 0.0472. The zero-order valence-corrected chi connectivity index (χ0v) is 48.1. The molecule has 0 aromatic heterocycles. The van der Waals surface area contributed by atoms with Gasteiger partial charge >= 0.3 is 0 Å². The Labute approximate surface area is 432 Å². The van der Waals surface area contributed by atoms with Gasteiger partial charge in [-0.25, -0.2) is 0 Å². The van der Waals surface area contributed by atoms with Crippen molar-refractivity contribution in [3.8, 4) is 0 Å². The van der Waals surface area contributed by atoms with Gasteiger partial charge in [-0.3, -0.25) is 0 Å². The fourth-order valence-corrected chi connectivity index (χ4v) is 11.8. The Morgan fingerprint density at radius 3 is 0.657 bits per heavy atom. The van der Waals surface area contributed by atoms with Crippen molar-refractivity contribution in [2.45, 2.75) is 385 Å². The van der Waals surface area contributed by atoms with Gasteiger partial charge in [0.1, 0.15) is 0 Å². The number of rotatable bonds is 56. The zero-order chi connectivity index (χ0) is 49.3. The van der Waals surface area contributed by atoms with E-state index in [1.54, 1.807) is 0 Å². The number of aliphatic hydroxyl groups is 2. The Kier molecular flexibility index (Phi) is 53.1. The molecular formula is C62H124Cl2O3. The maximum Gasteiger partial charge on any atom is 0.0645 e. The van der Waals surface area contributed by atoms with E-state index in [-0.39, 0.29) is 34.8 Å². The molecule has 0 spiro atoms. The zero-order valence-electron chi connectivity index (χ0n) is 46.6. The first kappa shape index (κ1) is 67.5. The molecule has 8 unspecified atom stereocenters. The molecule has 67 heavy (non-hydrogen) atoms. The van der Waals surface area contributed by atoms with Crippen LogP contribution in [0.2, 0.25) is 0 Å². The molecule has 0 saturated heterocycles. The van der Waals surface area contributed by atoms with Crippen LogP contribution in [0.15, 0.2) is 0 Å². The third kappa shape index (κ3) is 44.9. The van der Waals surface area contributed by atoms with Crippen LogP contribution < -0.4 is 0 Å². The van der Waals surface area contributed by atoms with Gasteiger partial charge in [0.2, 0.25) is 0 Å². The second-order valence-corrected chi connectivity index (χ2v) is 23.5. The summed E-state index contributed by atoms with van der Waals surface area (Å²) in [6.07, 6.45) is 60.1. The SMILES string of the molecule is CCCCCCCCCCCCCC(Cl)C(CCCCCCCCCCCC)C(CC(C)O)OC(CC(C)O)C(CCCCCCCCCCCC)C(Cl)CCCCCCCCCCCCC. The number of unbranched alkanes of at least 4 members (excludes halogenated alkanes) is 38. The summed E-state index contributed by atoms with van der Waals surface area (Å²) in [6, 6.07) is 0. The summed E-state index contributed by atoms with van der Waals surface area (Å²) < 4.78 is 7.45. The van der Waals surface area contributed by atoms with E-state index in [1.807, 2.05) is 13.8 Å². The first-order valence-electron chi connectivity index (χ1n) is 31.0. The van der Waals surface area contributed by atoms with Gasteiger partial charge in [-0.1, -0.05) is 297 Å². The molecule has 0 heterocycles. The lowest BCUT2D eigenvalue weighted by Crippen LogP contribution is -2.42. The van der Waals surface area contributed by atoms with Crippen LogP contribution in [-0.4, -0.2) is 45.4 Å². The molecule has 0 rings (SSSR count). The molecule has 0 amide bonds. The van der Waals surface area contributed by atoms with Crippen LogP contribution in [0.25, 0.3) is 0 Å². The van der Waals surface area contributed by atoms with Crippen LogP contribution in [0.4, 0.5) is 0 Å². The molecule has 2 N–H and O–H groups in total. The summed E-state index contributed by atoms with van der Waals surface area (Å²) in [6.45, 7) is 13.1. The van der Waals surface area contributed by atoms with Crippen LogP contribution in [-0.2, 0) is 4.74 Å². The average Bonchev–Trinajstić information content (AvgIpc) is 3.30. The highest BCUT2D eigenvalue weighted by atomic mass is 35.5. The molecule has 8 atom stereocenters. The summed E-state index contributed by atoms with van der Waals surface area (Å²) in [7, 11) is 0. The van der Waals surface area contributed by atoms with Gasteiger partial charge in [0.15, 0.2) is 0 Å². The van der Waals surface area contributed by atoms with Crippen molar-refractivity contribution in [2.75, 3.05) is 0 Å². The van der Waals surface area contributed by atoms with Crippen molar-refractivity contribution < 1.29 is 14.9 Å². The van der Waals surface area contributed by atoms with E-state index in [4.69, 9.17) is 27.9 Å². The van der Waals surface area contributed by atoms with Gasteiger partial charge in [-0.15, -0.1) is 23.2 Å². The molecule has 0 aromatic rings.